The van der Waals surface area contributed by atoms with E-state index in [0.29, 0.717) is 18.7 Å². The molecule has 0 atom stereocenters. The van der Waals surface area contributed by atoms with Crippen LogP contribution in [-0.2, 0) is 17.4 Å². The zero-order chi connectivity index (χ0) is 14.9. The number of hydrogen-bond acceptors (Lipinski definition) is 5. The minimum atomic E-state index is -1.14. The Bertz CT molecular complexity index is 626. The molecule has 0 radical (unpaired) electrons. The van der Waals surface area contributed by atoms with Crippen molar-refractivity contribution in [3.8, 4) is 11.4 Å². The van der Waals surface area contributed by atoms with Crippen molar-refractivity contribution in [2.45, 2.75) is 39.2 Å². The molecule has 8 heteroatoms. The highest BCUT2D eigenvalue weighted by Gasteiger charge is 2.40. The van der Waals surface area contributed by atoms with Gasteiger partial charge in [0.25, 0.3) is 0 Å². The van der Waals surface area contributed by atoms with Crippen LogP contribution in [0.4, 0.5) is 0 Å². The van der Waals surface area contributed by atoms with Gasteiger partial charge in [0.1, 0.15) is 0 Å². The standard InChI is InChI=1S/C12H18N6O2/c1-5-12(6-2,11(19)20)18-10(13-15-16-18)9-7-17(4)14-8(9)3/h7H,5-6H2,1-4H3,(H,19,20). The summed E-state index contributed by atoms with van der Waals surface area (Å²) in [7, 11) is 1.80. The Morgan fingerprint density at radius 3 is 2.50 bits per heavy atom. The van der Waals surface area contributed by atoms with Crippen LogP contribution in [0.2, 0.25) is 0 Å². The number of aliphatic carboxylic acids is 1. The van der Waals surface area contributed by atoms with E-state index in [1.54, 1.807) is 17.9 Å². The lowest BCUT2D eigenvalue weighted by Gasteiger charge is -2.27. The molecule has 0 saturated carbocycles. The topological polar surface area (TPSA) is 98.7 Å². The Morgan fingerprint density at radius 2 is 2.05 bits per heavy atom. The maximum atomic E-state index is 11.7. The highest BCUT2D eigenvalue weighted by molar-refractivity contribution is 5.77. The summed E-state index contributed by atoms with van der Waals surface area (Å²) in [5.74, 6) is -0.501. The number of carboxylic acids is 1. The summed E-state index contributed by atoms with van der Waals surface area (Å²) in [6.07, 6.45) is 2.59. The van der Waals surface area contributed by atoms with Crippen LogP contribution in [0.3, 0.4) is 0 Å². The highest BCUT2D eigenvalue weighted by Crippen LogP contribution is 2.30. The maximum absolute atomic E-state index is 11.7. The van der Waals surface area contributed by atoms with Gasteiger partial charge in [-0.3, -0.25) is 4.68 Å². The third-order valence-electron chi connectivity index (χ3n) is 3.70. The van der Waals surface area contributed by atoms with Crippen molar-refractivity contribution >= 4 is 5.97 Å². The second-order valence-corrected chi connectivity index (χ2v) is 4.76. The number of hydrogen-bond donors (Lipinski definition) is 1. The molecule has 0 saturated heterocycles. The van der Waals surface area contributed by atoms with Crippen molar-refractivity contribution in [1.82, 2.24) is 30.0 Å². The Hall–Kier alpha value is -2.25. The summed E-state index contributed by atoms with van der Waals surface area (Å²) in [6.45, 7) is 5.48. The molecule has 20 heavy (non-hydrogen) atoms. The van der Waals surface area contributed by atoms with Crippen LogP contribution in [0.1, 0.15) is 32.4 Å². The quantitative estimate of drug-likeness (QED) is 0.875. The lowest BCUT2D eigenvalue weighted by molar-refractivity contribution is -0.148. The van der Waals surface area contributed by atoms with Crippen molar-refractivity contribution < 1.29 is 9.90 Å². The first kappa shape index (κ1) is 14.2. The Morgan fingerprint density at radius 1 is 1.40 bits per heavy atom. The zero-order valence-corrected chi connectivity index (χ0v) is 12.0. The lowest BCUT2D eigenvalue weighted by atomic mass is 9.93. The molecule has 1 N–H and O–H groups in total. The molecular formula is C12H18N6O2. The van der Waals surface area contributed by atoms with Gasteiger partial charge in [0.15, 0.2) is 11.4 Å². The monoisotopic (exact) mass is 278 g/mol. The van der Waals surface area contributed by atoms with Gasteiger partial charge in [-0.1, -0.05) is 13.8 Å². The van der Waals surface area contributed by atoms with Crippen molar-refractivity contribution in [3.63, 3.8) is 0 Å². The normalized spacial score (nSPS) is 11.8. The van der Waals surface area contributed by atoms with Gasteiger partial charge in [0.2, 0.25) is 0 Å². The van der Waals surface area contributed by atoms with Gasteiger partial charge in [-0.15, -0.1) is 5.10 Å². The van der Waals surface area contributed by atoms with Crippen molar-refractivity contribution in [1.29, 1.82) is 0 Å². The predicted octanol–water partition coefficient (Wildman–Crippen LogP) is 0.982. The molecule has 2 aromatic heterocycles. The van der Waals surface area contributed by atoms with E-state index >= 15 is 0 Å². The molecule has 0 amide bonds. The fraction of sp³-hybridized carbons (Fsp3) is 0.583. The molecule has 2 heterocycles. The molecule has 0 aliphatic carbocycles. The first-order valence-electron chi connectivity index (χ1n) is 6.49. The molecule has 2 aromatic rings. The second kappa shape index (κ2) is 5.03. The minimum Gasteiger partial charge on any atom is -0.479 e. The van der Waals surface area contributed by atoms with Crippen LogP contribution >= 0.6 is 0 Å². The van der Waals surface area contributed by atoms with Gasteiger partial charge in [0.05, 0.1) is 11.3 Å². The molecule has 0 unspecified atom stereocenters. The summed E-state index contributed by atoms with van der Waals surface area (Å²) in [5.41, 5.74) is 0.362. The Balaban J connectivity index is 2.63. The predicted molar refractivity (Wildman–Crippen MR) is 70.9 cm³/mol. The van der Waals surface area contributed by atoms with Crippen molar-refractivity contribution in [2.75, 3.05) is 0 Å². The number of carbonyl (C=O) groups is 1. The summed E-state index contributed by atoms with van der Waals surface area (Å²) in [6, 6.07) is 0. The molecule has 0 spiro atoms. The van der Waals surface area contributed by atoms with Crippen LogP contribution in [-0.4, -0.2) is 41.1 Å². The summed E-state index contributed by atoms with van der Waals surface area (Å²) in [5, 5.41) is 25.4. The van der Waals surface area contributed by atoms with Crippen LogP contribution in [0.15, 0.2) is 6.20 Å². The van der Waals surface area contributed by atoms with Crippen LogP contribution < -0.4 is 0 Å². The summed E-state index contributed by atoms with van der Waals surface area (Å²) >= 11 is 0. The van der Waals surface area contributed by atoms with E-state index in [2.05, 4.69) is 20.6 Å². The molecule has 0 aromatic carbocycles. The van der Waals surface area contributed by atoms with Crippen LogP contribution in [0.25, 0.3) is 11.4 Å². The van der Waals surface area contributed by atoms with Crippen LogP contribution in [0.5, 0.6) is 0 Å². The Labute approximate surface area is 116 Å². The van der Waals surface area contributed by atoms with Gasteiger partial charge < -0.3 is 5.11 Å². The third-order valence-corrected chi connectivity index (χ3v) is 3.70. The minimum absolute atomic E-state index is 0.399. The molecule has 0 bridgehead atoms. The molecule has 0 aliphatic rings. The maximum Gasteiger partial charge on any atom is 0.331 e. The lowest BCUT2D eigenvalue weighted by Crippen LogP contribution is -2.42. The molecule has 0 fully saturated rings. The van der Waals surface area contributed by atoms with E-state index in [9.17, 15) is 9.90 Å². The van der Waals surface area contributed by atoms with E-state index in [1.807, 2.05) is 20.8 Å². The van der Waals surface area contributed by atoms with E-state index in [4.69, 9.17) is 0 Å². The largest absolute Gasteiger partial charge is 0.479 e. The molecule has 108 valence electrons. The van der Waals surface area contributed by atoms with Gasteiger partial charge in [-0.25, -0.2) is 9.48 Å². The number of tetrazole rings is 1. The number of rotatable bonds is 5. The van der Waals surface area contributed by atoms with E-state index in [-0.39, 0.29) is 0 Å². The Kier molecular flexibility index (Phi) is 3.56. The smallest absolute Gasteiger partial charge is 0.331 e. The molecule has 0 aliphatic heterocycles. The molecule has 2 rings (SSSR count). The summed E-state index contributed by atoms with van der Waals surface area (Å²) in [4.78, 5) is 11.7. The van der Waals surface area contributed by atoms with E-state index in [0.717, 1.165) is 11.3 Å². The average Bonchev–Trinajstić information content (AvgIpc) is 2.98. The average molecular weight is 278 g/mol. The third kappa shape index (κ3) is 1.97. The SMILES string of the molecule is CCC(CC)(C(=O)O)n1nnnc1-c1cn(C)nc1C. The van der Waals surface area contributed by atoms with Crippen LogP contribution in [0, 0.1) is 6.92 Å². The molecular weight excluding hydrogens is 260 g/mol. The number of nitrogens with zero attached hydrogens (tertiary/aromatic N) is 6. The summed E-state index contributed by atoms with van der Waals surface area (Å²) < 4.78 is 3.06. The zero-order valence-electron chi connectivity index (χ0n) is 12.0. The number of carboxylic acid groups (broad SMARTS) is 1. The fourth-order valence-corrected chi connectivity index (χ4v) is 2.41. The second-order valence-electron chi connectivity index (χ2n) is 4.76. The van der Waals surface area contributed by atoms with E-state index in [1.165, 1.54) is 4.68 Å². The van der Waals surface area contributed by atoms with Gasteiger partial charge in [0, 0.05) is 13.2 Å². The van der Waals surface area contributed by atoms with Crippen molar-refractivity contribution in [3.05, 3.63) is 11.9 Å². The van der Waals surface area contributed by atoms with Gasteiger partial charge in [-0.2, -0.15) is 5.10 Å². The highest BCUT2D eigenvalue weighted by atomic mass is 16.4. The van der Waals surface area contributed by atoms with Gasteiger partial charge >= 0.3 is 5.97 Å². The first-order valence-corrected chi connectivity index (χ1v) is 6.49. The fourth-order valence-electron chi connectivity index (χ4n) is 2.41. The van der Waals surface area contributed by atoms with E-state index < -0.39 is 11.5 Å². The number of aryl methyl sites for hydroxylation is 2. The first-order chi connectivity index (χ1) is 9.46. The van der Waals surface area contributed by atoms with Gasteiger partial charge in [-0.05, 0) is 30.2 Å². The number of aromatic nitrogens is 6. The molecule has 8 nitrogen and oxygen atoms in total. The van der Waals surface area contributed by atoms with Crippen molar-refractivity contribution in [2.24, 2.45) is 7.05 Å².